The molecule has 0 spiro atoms. The lowest BCUT2D eigenvalue weighted by molar-refractivity contribution is -0.161. The standard InChI is InChI=1S/C21H27ClO4/c1-4-9-26-20(25)21(7-5-17(23)6-8-21)13-18(24)12-19-14(2)10-16(22)11-15(19)3/h10-11H,4-9,12-13H2,1-3H3. The van der Waals surface area contributed by atoms with E-state index in [0.717, 1.165) is 23.1 Å². The summed E-state index contributed by atoms with van der Waals surface area (Å²) in [5, 5.41) is 0.654. The molecule has 1 aliphatic carbocycles. The van der Waals surface area contributed by atoms with E-state index in [1.807, 2.05) is 32.9 Å². The SMILES string of the molecule is CCCOC(=O)C1(CC(=O)Cc2c(C)cc(Cl)cc2C)CCC(=O)CC1. The Morgan fingerprint density at radius 3 is 2.27 bits per heavy atom. The molecule has 0 unspecified atom stereocenters. The van der Waals surface area contributed by atoms with Gasteiger partial charge in [0.25, 0.3) is 0 Å². The van der Waals surface area contributed by atoms with Gasteiger partial charge < -0.3 is 4.74 Å². The molecule has 4 nitrogen and oxygen atoms in total. The molecule has 0 amide bonds. The Kier molecular flexibility index (Phi) is 6.99. The van der Waals surface area contributed by atoms with Gasteiger partial charge in [0.15, 0.2) is 0 Å². The summed E-state index contributed by atoms with van der Waals surface area (Å²) in [6, 6.07) is 3.70. The maximum Gasteiger partial charge on any atom is 0.312 e. The minimum absolute atomic E-state index is 0.00122. The Bertz CT molecular complexity index is 675. The van der Waals surface area contributed by atoms with Gasteiger partial charge in [-0.15, -0.1) is 0 Å². The lowest BCUT2D eigenvalue weighted by Gasteiger charge is -2.34. The zero-order valence-electron chi connectivity index (χ0n) is 15.8. The first kappa shape index (κ1) is 20.6. The first-order valence-electron chi connectivity index (χ1n) is 9.23. The number of halogens is 1. The van der Waals surface area contributed by atoms with Crippen LogP contribution in [-0.4, -0.2) is 24.1 Å². The van der Waals surface area contributed by atoms with Gasteiger partial charge in [-0.05, 0) is 61.9 Å². The lowest BCUT2D eigenvalue weighted by atomic mass is 9.70. The molecule has 1 aromatic rings. The molecule has 0 N–H and O–H groups in total. The lowest BCUT2D eigenvalue weighted by Crippen LogP contribution is -2.39. The predicted octanol–water partition coefficient (Wildman–Crippen LogP) is 4.54. The second-order valence-electron chi connectivity index (χ2n) is 7.37. The van der Waals surface area contributed by atoms with E-state index in [-0.39, 0.29) is 30.4 Å². The number of ether oxygens (including phenoxy) is 1. The fraction of sp³-hybridized carbons (Fsp3) is 0.571. The molecular formula is C21H27ClO4. The number of hydrogen-bond acceptors (Lipinski definition) is 4. The van der Waals surface area contributed by atoms with Gasteiger partial charge >= 0.3 is 5.97 Å². The van der Waals surface area contributed by atoms with Crippen LogP contribution in [-0.2, 0) is 25.5 Å². The first-order valence-corrected chi connectivity index (χ1v) is 9.61. The number of aryl methyl sites for hydroxylation is 2. The molecule has 0 atom stereocenters. The van der Waals surface area contributed by atoms with Gasteiger partial charge in [0.1, 0.15) is 11.6 Å². The van der Waals surface area contributed by atoms with E-state index in [2.05, 4.69) is 0 Å². The molecule has 142 valence electrons. The van der Waals surface area contributed by atoms with Crippen molar-refractivity contribution in [2.24, 2.45) is 5.41 Å². The zero-order chi connectivity index (χ0) is 19.3. The predicted molar refractivity (Wildman–Crippen MR) is 101 cm³/mol. The minimum Gasteiger partial charge on any atom is -0.465 e. The highest BCUT2D eigenvalue weighted by atomic mass is 35.5. The van der Waals surface area contributed by atoms with E-state index < -0.39 is 5.41 Å². The van der Waals surface area contributed by atoms with Crippen LogP contribution < -0.4 is 0 Å². The van der Waals surface area contributed by atoms with Crippen molar-refractivity contribution in [1.82, 2.24) is 0 Å². The number of esters is 1. The summed E-state index contributed by atoms with van der Waals surface area (Å²) >= 11 is 6.06. The van der Waals surface area contributed by atoms with Crippen LogP contribution in [0.3, 0.4) is 0 Å². The molecule has 1 fully saturated rings. The van der Waals surface area contributed by atoms with Crippen molar-refractivity contribution >= 4 is 29.1 Å². The third kappa shape index (κ3) is 4.94. The molecule has 2 rings (SSSR count). The summed E-state index contributed by atoms with van der Waals surface area (Å²) < 4.78 is 5.36. The average molecular weight is 379 g/mol. The Morgan fingerprint density at radius 2 is 1.73 bits per heavy atom. The molecule has 0 saturated heterocycles. The number of rotatable bonds is 7. The summed E-state index contributed by atoms with van der Waals surface area (Å²) in [6.07, 6.45) is 2.62. The summed E-state index contributed by atoms with van der Waals surface area (Å²) in [4.78, 5) is 37.1. The monoisotopic (exact) mass is 378 g/mol. The maximum atomic E-state index is 12.8. The molecule has 0 radical (unpaired) electrons. The van der Waals surface area contributed by atoms with Gasteiger partial charge in [-0.25, -0.2) is 0 Å². The van der Waals surface area contributed by atoms with Crippen molar-refractivity contribution in [3.8, 4) is 0 Å². The normalized spacial score (nSPS) is 16.4. The molecule has 26 heavy (non-hydrogen) atoms. The van der Waals surface area contributed by atoms with E-state index in [9.17, 15) is 14.4 Å². The van der Waals surface area contributed by atoms with E-state index in [1.165, 1.54) is 0 Å². The van der Waals surface area contributed by atoms with Crippen LogP contribution in [0.1, 0.15) is 62.1 Å². The molecule has 0 bridgehead atoms. The Morgan fingerprint density at radius 1 is 1.15 bits per heavy atom. The molecule has 0 aliphatic heterocycles. The molecule has 1 aromatic carbocycles. The Labute approximate surface area is 160 Å². The summed E-state index contributed by atoms with van der Waals surface area (Å²) in [5.41, 5.74) is 2.06. The topological polar surface area (TPSA) is 60.4 Å². The van der Waals surface area contributed by atoms with E-state index in [0.29, 0.717) is 37.3 Å². The quantitative estimate of drug-likeness (QED) is 0.653. The number of benzene rings is 1. The fourth-order valence-electron chi connectivity index (χ4n) is 3.66. The number of carbonyl (C=O) groups excluding carboxylic acids is 3. The average Bonchev–Trinajstić information content (AvgIpc) is 2.58. The van der Waals surface area contributed by atoms with E-state index >= 15 is 0 Å². The van der Waals surface area contributed by atoms with Gasteiger partial charge in [0, 0.05) is 30.7 Å². The fourth-order valence-corrected chi connectivity index (χ4v) is 3.99. The molecule has 0 aromatic heterocycles. The van der Waals surface area contributed by atoms with Gasteiger partial charge in [0.2, 0.25) is 0 Å². The third-order valence-electron chi connectivity index (χ3n) is 5.21. The molecule has 1 saturated carbocycles. The summed E-state index contributed by atoms with van der Waals surface area (Å²) in [5.74, 6) is -0.174. The van der Waals surface area contributed by atoms with Crippen LogP contribution in [0, 0.1) is 19.3 Å². The number of ketones is 2. The smallest absolute Gasteiger partial charge is 0.312 e. The van der Waals surface area contributed by atoms with E-state index in [4.69, 9.17) is 16.3 Å². The van der Waals surface area contributed by atoms with Crippen molar-refractivity contribution in [3.05, 3.63) is 33.8 Å². The van der Waals surface area contributed by atoms with Gasteiger partial charge in [-0.2, -0.15) is 0 Å². The van der Waals surface area contributed by atoms with Crippen molar-refractivity contribution in [2.75, 3.05) is 6.61 Å². The first-order chi connectivity index (χ1) is 12.3. The van der Waals surface area contributed by atoms with Gasteiger partial charge in [-0.3, -0.25) is 14.4 Å². The zero-order valence-corrected chi connectivity index (χ0v) is 16.6. The largest absolute Gasteiger partial charge is 0.465 e. The van der Waals surface area contributed by atoms with Crippen molar-refractivity contribution in [2.45, 2.75) is 65.7 Å². The highest BCUT2D eigenvalue weighted by Crippen LogP contribution is 2.40. The highest BCUT2D eigenvalue weighted by molar-refractivity contribution is 6.30. The van der Waals surface area contributed by atoms with Crippen LogP contribution in [0.15, 0.2) is 12.1 Å². The Hall–Kier alpha value is -1.68. The molecule has 1 aliphatic rings. The van der Waals surface area contributed by atoms with Gasteiger partial charge in [0.05, 0.1) is 12.0 Å². The molecular weight excluding hydrogens is 352 g/mol. The van der Waals surface area contributed by atoms with Crippen LogP contribution in [0.25, 0.3) is 0 Å². The van der Waals surface area contributed by atoms with Crippen LogP contribution >= 0.6 is 11.6 Å². The molecule has 5 heteroatoms. The molecule has 0 heterocycles. The number of carbonyl (C=O) groups is 3. The van der Waals surface area contributed by atoms with Crippen molar-refractivity contribution in [3.63, 3.8) is 0 Å². The number of Topliss-reactive ketones (excluding diaryl/α,β-unsaturated/α-hetero) is 2. The second kappa shape index (κ2) is 8.81. The van der Waals surface area contributed by atoms with Crippen molar-refractivity contribution < 1.29 is 19.1 Å². The summed E-state index contributed by atoms with van der Waals surface area (Å²) in [7, 11) is 0. The van der Waals surface area contributed by atoms with Crippen LogP contribution in [0.4, 0.5) is 0 Å². The van der Waals surface area contributed by atoms with Crippen LogP contribution in [0.2, 0.25) is 5.02 Å². The number of hydrogen-bond donors (Lipinski definition) is 0. The van der Waals surface area contributed by atoms with Gasteiger partial charge in [-0.1, -0.05) is 18.5 Å². The van der Waals surface area contributed by atoms with E-state index in [1.54, 1.807) is 0 Å². The minimum atomic E-state index is -0.853. The maximum absolute atomic E-state index is 12.8. The third-order valence-corrected chi connectivity index (χ3v) is 5.42. The Balaban J connectivity index is 2.16. The second-order valence-corrected chi connectivity index (χ2v) is 7.80. The van der Waals surface area contributed by atoms with Crippen LogP contribution in [0.5, 0.6) is 0 Å². The summed E-state index contributed by atoms with van der Waals surface area (Å²) in [6.45, 7) is 6.15. The van der Waals surface area contributed by atoms with Crippen molar-refractivity contribution in [1.29, 1.82) is 0 Å². The highest BCUT2D eigenvalue weighted by Gasteiger charge is 2.44.